The summed E-state index contributed by atoms with van der Waals surface area (Å²) in [5, 5.41) is 8.62. The van der Waals surface area contributed by atoms with Gasteiger partial charge in [-0.25, -0.2) is 18.6 Å². The van der Waals surface area contributed by atoms with Gasteiger partial charge in [0.15, 0.2) is 5.88 Å². The summed E-state index contributed by atoms with van der Waals surface area (Å²) in [6.07, 6.45) is 3.70. The molecule has 2 aliphatic heterocycles. The Kier molecular flexibility index (Phi) is 8.16. The third kappa shape index (κ3) is 5.85. The molecule has 1 fully saturated rings. The molecule has 9 nitrogen and oxygen atoms in total. The average molecular weight is 585 g/mol. The molecule has 4 N–H and O–H groups in total. The van der Waals surface area contributed by atoms with E-state index in [2.05, 4.69) is 32.5 Å². The summed E-state index contributed by atoms with van der Waals surface area (Å²) in [5.74, 6) is -1.12. The molecule has 3 atom stereocenters. The maximum atomic E-state index is 14.7. The van der Waals surface area contributed by atoms with E-state index in [0.717, 1.165) is 12.1 Å². The Hall–Kier alpha value is -4.12. The van der Waals surface area contributed by atoms with Crippen LogP contribution in [0.15, 0.2) is 49.0 Å². The number of aromatic amines is 1. The van der Waals surface area contributed by atoms with Crippen molar-refractivity contribution in [2.24, 2.45) is 5.92 Å². The molecule has 5 rings (SSSR count). The molecule has 216 valence electrons. The Morgan fingerprint density at radius 1 is 1.20 bits per heavy atom. The molecule has 3 heterocycles. The van der Waals surface area contributed by atoms with Crippen LogP contribution in [0.4, 0.5) is 25.0 Å². The number of hydrogen-bond acceptors (Lipinski definition) is 5. The molecule has 2 bridgehead atoms. The molecule has 1 aromatic heterocycles. The smallest absolute Gasteiger partial charge is 0.318 e. The van der Waals surface area contributed by atoms with Crippen molar-refractivity contribution in [1.82, 2.24) is 20.2 Å². The fourth-order valence-electron chi connectivity index (χ4n) is 5.31. The highest BCUT2D eigenvalue weighted by atomic mass is 35.5. The molecule has 2 aromatic carbocycles. The molecule has 3 aromatic rings. The molecular weight excluding hydrogens is 554 g/mol. The number of carbonyl (C=O) groups is 2. The SMILES string of the molecule is C=C(Nc1ccc2c(c1)NC(=O)[C@H](C)CCC[C@H](N1CC[C@H](c3c(F)ccc(Cl)c3F)NC1=O)c1ncc-2[nH]1)OC. The molecule has 0 saturated carbocycles. The summed E-state index contributed by atoms with van der Waals surface area (Å²) < 4.78 is 34.3. The number of H-pyrrole nitrogens is 1. The second-order valence-electron chi connectivity index (χ2n) is 10.3. The number of anilines is 2. The first-order chi connectivity index (χ1) is 19.7. The number of urea groups is 1. The van der Waals surface area contributed by atoms with Gasteiger partial charge < -0.3 is 30.6 Å². The van der Waals surface area contributed by atoms with Crippen molar-refractivity contribution in [3.63, 3.8) is 0 Å². The van der Waals surface area contributed by atoms with Crippen molar-refractivity contribution in [2.75, 3.05) is 24.3 Å². The van der Waals surface area contributed by atoms with Crippen LogP contribution in [-0.2, 0) is 9.53 Å². The molecule has 0 aliphatic carbocycles. The highest BCUT2D eigenvalue weighted by Crippen LogP contribution is 2.37. The lowest BCUT2D eigenvalue weighted by Gasteiger charge is -2.38. The topological polar surface area (TPSA) is 111 Å². The van der Waals surface area contributed by atoms with Gasteiger partial charge in [-0.3, -0.25) is 4.79 Å². The number of ether oxygens (including phenoxy) is 1. The molecule has 41 heavy (non-hydrogen) atoms. The molecule has 12 heteroatoms. The first-order valence-electron chi connectivity index (χ1n) is 13.4. The largest absolute Gasteiger partial charge is 0.483 e. The van der Waals surface area contributed by atoms with Gasteiger partial charge in [0.05, 0.1) is 41.8 Å². The lowest BCUT2D eigenvalue weighted by Crippen LogP contribution is -2.50. The number of benzene rings is 2. The number of methoxy groups -OCH3 is 1. The number of carbonyl (C=O) groups excluding carboxylic acids is 2. The van der Waals surface area contributed by atoms with E-state index in [1.165, 1.54) is 7.11 Å². The number of hydrogen-bond donors (Lipinski definition) is 4. The van der Waals surface area contributed by atoms with Crippen molar-refractivity contribution < 1.29 is 23.1 Å². The van der Waals surface area contributed by atoms with Crippen LogP contribution in [-0.4, -0.2) is 40.5 Å². The second kappa shape index (κ2) is 11.8. The third-order valence-electron chi connectivity index (χ3n) is 7.59. The maximum Gasteiger partial charge on any atom is 0.318 e. The number of rotatable bonds is 5. The number of nitrogens with zero attached hydrogens (tertiary/aromatic N) is 2. The van der Waals surface area contributed by atoms with Crippen molar-refractivity contribution >= 4 is 34.9 Å². The Morgan fingerprint density at radius 3 is 2.76 bits per heavy atom. The average Bonchev–Trinajstić information content (AvgIpc) is 3.43. The van der Waals surface area contributed by atoms with E-state index < -0.39 is 29.7 Å². The van der Waals surface area contributed by atoms with Gasteiger partial charge in [-0.05, 0) is 56.2 Å². The van der Waals surface area contributed by atoms with E-state index in [1.54, 1.807) is 17.2 Å². The molecular formula is C29H31ClF2N6O3. The zero-order valence-corrected chi connectivity index (χ0v) is 23.4. The van der Waals surface area contributed by atoms with Gasteiger partial charge in [0.2, 0.25) is 5.91 Å². The molecule has 3 amide bonds. The predicted octanol–water partition coefficient (Wildman–Crippen LogP) is 6.49. The quantitative estimate of drug-likeness (QED) is 0.202. The number of nitrogens with one attached hydrogen (secondary N) is 4. The van der Waals surface area contributed by atoms with Crippen LogP contribution in [0.3, 0.4) is 0 Å². The first kappa shape index (κ1) is 28.4. The van der Waals surface area contributed by atoms with Gasteiger partial charge in [0.1, 0.15) is 17.5 Å². The normalized spacial score (nSPS) is 21.1. The van der Waals surface area contributed by atoms with Crippen molar-refractivity contribution in [1.29, 1.82) is 0 Å². The molecule has 0 unspecified atom stereocenters. The van der Waals surface area contributed by atoms with Crippen molar-refractivity contribution in [3.05, 3.63) is 77.0 Å². The lowest BCUT2D eigenvalue weighted by atomic mass is 9.96. The lowest BCUT2D eigenvalue weighted by molar-refractivity contribution is -0.119. The predicted molar refractivity (Wildman–Crippen MR) is 152 cm³/mol. The van der Waals surface area contributed by atoms with E-state index in [0.29, 0.717) is 53.6 Å². The zero-order chi connectivity index (χ0) is 29.3. The first-order valence-corrected chi connectivity index (χ1v) is 13.7. The summed E-state index contributed by atoms with van der Waals surface area (Å²) in [5.41, 5.74) is 2.38. The number of fused-ring (bicyclic) bond motifs is 4. The summed E-state index contributed by atoms with van der Waals surface area (Å²) >= 11 is 5.88. The van der Waals surface area contributed by atoms with E-state index >= 15 is 0 Å². The van der Waals surface area contributed by atoms with Crippen LogP contribution in [0.2, 0.25) is 5.02 Å². The van der Waals surface area contributed by atoms with E-state index in [4.69, 9.17) is 16.3 Å². The van der Waals surface area contributed by atoms with Crippen LogP contribution < -0.4 is 16.0 Å². The van der Waals surface area contributed by atoms with Crippen molar-refractivity contribution in [2.45, 2.75) is 44.7 Å². The second-order valence-corrected chi connectivity index (χ2v) is 10.7. The molecule has 2 aliphatic rings. The molecule has 0 spiro atoms. The van der Waals surface area contributed by atoms with Crippen molar-refractivity contribution in [3.8, 4) is 11.3 Å². The summed E-state index contributed by atoms with van der Waals surface area (Å²) in [6, 6.07) is 5.95. The molecule has 0 radical (unpaired) electrons. The van der Waals surface area contributed by atoms with Gasteiger partial charge in [-0.1, -0.05) is 24.9 Å². The maximum absolute atomic E-state index is 14.7. The highest BCUT2D eigenvalue weighted by Gasteiger charge is 2.36. The van der Waals surface area contributed by atoms with Crippen LogP contribution in [0.25, 0.3) is 11.3 Å². The van der Waals surface area contributed by atoms with Gasteiger partial charge in [0.25, 0.3) is 0 Å². The van der Waals surface area contributed by atoms with Crippen LogP contribution in [0, 0.1) is 17.6 Å². The monoisotopic (exact) mass is 584 g/mol. The summed E-state index contributed by atoms with van der Waals surface area (Å²) in [7, 11) is 1.51. The fourth-order valence-corrected chi connectivity index (χ4v) is 5.47. The minimum Gasteiger partial charge on any atom is -0.483 e. The number of halogens is 3. The van der Waals surface area contributed by atoms with E-state index in [1.807, 2.05) is 19.1 Å². The fraction of sp³-hybridized carbons (Fsp3) is 0.345. The number of amides is 3. The van der Waals surface area contributed by atoms with Crippen LogP contribution in [0.5, 0.6) is 0 Å². The van der Waals surface area contributed by atoms with E-state index in [9.17, 15) is 18.4 Å². The number of imidazole rings is 1. The van der Waals surface area contributed by atoms with Gasteiger partial charge in [-0.2, -0.15) is 0 Å². The summed E-state index contributed by atoms with van der Waals surface area (Å²) in [6.45, 7) is 5.88. The Bertz CT molecular complexity index is 1500. The van der Waals surface area contributed by atoms with Gasteiger partial charge in [-0.15, -0.1) is 0 Å². The van der Waals surface area contributed by atoms with Crippen LogP contribution >= 0.6 is 11.6 Å². The minimum atomic E-state index is -0.872. The van der Waals surface area contributed by atoms with Gasteiger partial charge in [0, 0.05) is 29.3 Å². The van der Waals surface area contributed by atoms with Gasteiger partial charge >= 0.3 is 6.03 Å². The minimum absolute atomic E-state index is 0.130. The molecule has 1 saturated heterocycles. The number of aromatic nitrogens is 2. The van der Waals surface area contributed by atoms with E-state index in [-0.39, 0.29) is 35.4 Å². The van der Waals surface area contributed by atoms with Crippen LogP contribution in [0.1, 0.15) is 56.1 Å². The zero-order valence-electron chi connectivity index (χ0n) is 22.7. The summed E-state index contributed by atoms with van der Waals surface area (Å²) in [4.78, 5) is 36.0. The Labute approximate surface area is 241 Å². The Balaban J connectivity index is 1.45. The standard InChI is InChI=1S/C29H31ClF2N6O3/c1-15-5-4-6-24(38-12-11-21(37-29(38)40)25-20(31)10-9-19(30)26(25)32)27-33-14-23(35-27)18-8-7-17(34-16(2)41-3)13-22(18)36-28(15)39/h7-10,13-15,21,24,34H,2,4-6,11-12H2,1,3H3,(H,33,35)(H,36,39)(H,37,40)/t15-,21-,24+/m1/s1. The highest BCUT2D eigenvalue weighted by molar-refractivity contribution is 6.30. The third-order valence-corrected chi connectivity index (χ3v) is 7.88. The Morgan fingerprint density at radius 2 is 2.00 bits per heavy atom.